The predicted octanol–water partition coefficient (Wildman–Crippen LogP) is 0.287. The minimum Gasteiger partial charge on any atom is -0.448 e. The molecular formula is C17H16N4O3. The molecule has 0 aliphatic carbocycles. The molecule has 24 heavy (non-hydrogen) atoms. The summed E-state index contributed by atoms with van der Waals surface area (Å²) in [5.74, 6) is 4.11. The summed E-state index contributed by atoms with van der Waals surface area (Å²) in [7, 11) is 0. The minimum atomic E-state index is -0.729. The van der Waals surface area contributed by atoms with Crippen LogP contribution in [0.15, 0.2) is 22.7 Å². The third kappa shape index (κ3) is 2.72. The fourth-order valence-corrected chi connectivity index (χ4v) is 3.47. The van der Waals surface area contributed by atoms with Crippen molar-refractivity contribution >= 4 is 22.8 Å². The van der Waals surface area contributed by atoms with Gasteiger partial charge in [-0.15, -0.1) is 0 Å². The number of pyridine rings is 1. The van der Waals surface area contributed by atoms with Crippen molar-refractivity contribution < 1.29 is 14.0 Å². The van der Waals surface area contributed by atoms with Gasteiger partial charge in [-0.3, -0.25) is 14.6 Å². The van der Waals surface area contributed by atoms with E-state index in [4.69, 9.17) is 10.2 Å². The third-order valence-corrected chi connectivity index (χ3v) is 4.56. The quantitative estimate of drug-likeness (QED) is 0.688. The maximum Gasteiger partial charge on any atom is 0.293 e. The molecule has 4 heterocycles. The molecule has 0 radical (unpaired) electrons. The number of rotatable bonds is 2. The molecule has 2 bridgehead atoms. The van der Waals surface area contributed by atoms with E-state index in [0.717, 1.165) is 12.8 Å². The summed E-state index contributed by atoms with van der Waals surface area (Å²) in [6.45, 7) is 0. The number of primary amides is 1. The van der Waals surface area contributed by atoms with Crippen molar-refractivity contribution in [3.63, 3.8) is 0 Å². The van der Waals surface area contributed by atoms with E-state index >= 15 is 0 Å². The molecule has 7 heteroatoms. The molecule has 2 amide bonds. The molecule has 0 aromatic carbocycles. The second-order valence-electron chi connectivity index (χ2n) is 6.20. The number of amides is 2. The largest absolute Gasteiger partial charge is 0.448 e. The van der Waals surface area contributed by atoms with Crippen molar-refractivity contribution in [2.45, 2.75) is 37.4 Å². The van der Waals surface area contributed by atoms with Crippen molar-refractivity contribution in [1.82, 2.24) is 15.6 Å². The molecule has 4 rings (SSSR count). The fourth-order valence-electron chi connectivity index (χ4n) is 3.47. The van der Waals surface area contributed by atoms with Crippen LogP contribution in [0.5, 0.6) is 0 Å². The van der Waals surface area contributed by atoms with Gasteiger partial charge in [0.05, 0.1) is 0 Å². The first kappa shape index (κ1) is 14.7. The monoisotopic (exact) mass is 324 g/mol. The van der Waals surface area contributed by atoms with Gasteiger partial charge in [0, 0.05) is 47.8 Å². The summed E-state index contributed by atoms with van der Waals surface area (Å²) in [4.78, 5) is 27.3. The number of carbonyl (C=O) groups excluding carboxylic acids is 2. The zero-order valence-corrected chi connectivity index (χ0v) is 12.8. The number of furan rings is 1. The van der Waals surface area contributed by atoms with Gasteiger partial charge in [0.2, 0.25) is 0 Å². The third-order valence-electron chi connectivity index (χ3n) is 4.56. The van der Waals surface area contributed by atoms with Gasteiger partial charge in [0.25, 0.3) is 11.8 Å². The lowest BCUT2D eigenvalue weighted by Gasteiger charge is -2.21. The molecule has 2 saturated heterocycles. The molecule has 2 aliphatic heterocycles. The molecule has 7 nitrogen and oxygen atoms in total. The van der Waals surface area contributed by atoms with Crippen LogP contribution in [0.25, 0.3) is 11.0 Å². The Labute approximate surface area is 138 Å². The zero-order valence-electron chi connectivity index (χ0n) is 12.8. The van der Waals surface area contributed by atoms with E-state index < -0.39 is 5.91 Å². The highest BCUT2D eigenvalue weighted by Gasteiger charge is 2.39. The van der Waals surface area contributed by atoms with Gasteiger partial charge >= 0.3 is 0 Å². The van der Waals surface area contributed by atoms with Gasteiger partial charge in [0.15, 0.2) is 5.76 Å². The van der Waals surface area contributed by atoms with Gasteiger partial charge in [-0.25, -0.2) is 0 Å². The second kappa shape index (κ2) is 5.65. The zero-order chi connectivity index (χ0) is 16.7. The highest BCUT2D eigenvalue weighted by molar-refractivity contribution is 5.96. The van der Waals surface area contributed by atoms with Crippen molar-refractivity contribution in [3.8, 4) is 11.8 Å². The van der Waals surface area contributed by atoms with Crippen LogP contribution >= 0.6 is 0 Å². The second-order valence-corrected chi connectivity index (χ2v) is 6.20. The maximum absolute atomic E-state index is 12.4. The van der Waals surface area contributed by atoms with Gasteiger partial charge < -0.3 is 20.8 Å². The van der Waals surface area contributed by atoms with E-state index in [1.807, 2.05) is 0 Å². The topological polar surface area (TPSA) is 110 Å². The van der Waals surface area contributed by atoms with E-state index in [9.17, 15) is 9.59 Å². The molecule has 122 valence electrons. The van der Waals surface area contributed by atoms with Crippen molar-refractivity contribution in [2.75, 3.05) is 0 Å². The highest BCUT2D eigenvalue weighted by Crippen LogP contribution is 2.28. The summed E-state index contributed by atoms with van der Waals surface area (Å²) in [5, 5.41) is 7.24. The molecular weight excluding hydrogens is 308 g/mol. The summed E-state index contributed by atoms with van der Waals surface area (Å²) < 4.78 is 5.51. The van der Waals surface area contributed by atoms with Crippen LogP contribution in [0.2, 0.25) is 0 Å². The summed E-state index contributed by atoms with van der Waals surface area (Å²) >= 11 is 0. The van der Waals surface area contributed by atoms with Crippen LogP contribution in [0.4, 0.5) is 0 Å². The van der Waals surface area contributed by atoms with Crippen LogP contribution in [0.3, 0.4) is 0 Å². The molecule has 0 spiro atoms. The van der Waals surface area contributed by atoms with E-state index in [0.29, 0.717) is 34.5 Å². The van der Waals surface area contributed by atoms with E-state index in [1.54, 1.807) is 18.3 Å². The molecule has 4 N–H and O–H groups in total. The van der Waals surface area contributed by atoms with Gasteiger partial charge in [-0.2, -0.15) is 0 Å². The number of carbonyl (C=O) groups is 2. The summed E-state index contributed by atoms with van der Waals surface area (Å²) in [6, 6.07) is 4.28. The van der Waals surface area contributed by atoms with Crippen LogP contribution in [0.1, 0.15) is 35.5 Å². The molecule has 2 fully saturated rings. The van der Waals surface area contributed by atoms with Crippen molar-refractivity contribution in [2.24, 2.45) is 5.73 Å². The van der Waals surface area contributed by atoms with Crippen LogP contribution in [-0.4, -0.2) is 34.9 Å². The Morgan fingerprint density at radius 1 is 1.38 bits per heavy atom. The Morgan fingerprint density at radius 2 is 2.25 bits per heavy atom. The molecule has 2 aromatic heterocycles. The predicted molar refractivity (Wildman–Crippen MR) is 85.9 cm³/mol. The number of nitrogens with two attached hydrogens (primary N) is 1. The molecule has 2 aliphatic rings. The molecule has 0 saturated carbocycles. The number of hydrogen-bond acceptors (Lipinski definition) is 5. The standard InChI is InChI=1S/C17H16N4O3/c18-16(22)4-2-11-5-9-8-19-14(7-15(9)24-11)17(23)21-13-6-10-1-3-12(13)20-10/h5,7-8,10,12-13,20H,1,3,6H2,(H2,18,22)(H,21,23)/t10-,12+,13-/m1/s1. The fraction of sp³-hybridized carbons (Fsp3) is 0.353. The molecule has 0 unspecified atom stereocenters. The van der Waals surface area contributed by atoms with Crippen LogP contribution in [0, 0.1) is 11.8 Å². The number of nitrogens with zero attached hydrogens (tertiary/aromatic N) is 1. The lowest BCUT2D eigenvalue weighted by atomic mass is 9.95. The van der Waals surface area contributed by atoms with Gasteiger partial charge in [-0.1, -0.05) is 0 Å². The smallest absolute Gasteiger partial charge is 0.293 e. The Morgan fingerprint density at radius 3 is 2.96 bits per heavy atom. The Kier molecular flexibility index (Phi) is 3.47. The van der Waals surface area contributed by atoms with Gasteiger partial charge in [-0.05, 0) is 25.2 Å². The van der Waals surface area contributed by atoms with E-state index in [-0.39, 0.29) is 11.9 Å². The minimum absolute atomic E-state index is 0.155. The highest BCUT2D eigenvalue weighted by atomic mass is 16.3. The van der Waals surface area contributed by atoms with Crippen LogP contribution < -0.4 is 16.4 Å². The number of fused-ring (bicyclic) bond motifs is 3. The first-order valence-corrected chi connectivity index (χ1v) is 7.86. The van der Waals surface area contributed by atoms with Crippen molar-refractivity contribution in [3.05, 3.63) is 29.8 Å². The SMILES string of the molecule is NC(=O)C#Cc1cc2cnc(C(=O)N[C@@H]3C[C@H]4CC[C@@H]3N4)cc2o1. The normalized spacial score (nSPS) is 24.6. The average Bonchev–Trinajstić information content (AvgIpc) is 3.26. The Balaban J connectivity index is 1.53. The number of aromatic nitrogens is 1. The maximum atomic E-state index is 12.4. The lowest BCUT2D eigenvalue weighted by Crippen LogP contribution is -2.43. The van der Waals surface area contributed by atoms with Gasteiger partial charge in [0.1, 0.15) is 11.3 Å². The summed E-state index contributed by atoms with van der Waals surface area (Å²) in [6.07, 6.45) is 4.80. The number of nitrogens with one attached hydrogen (secondary N) is 2. The van der Waals surface area contributed by atoms with E-state index in [2.05, 4.69) is 27.5 Å². The number of hydrogen-bond donors (Lipinski definition) is 3. The first-order chi connectivity index (χ1) is 11.6. The summed E-state index contributed by atoms with van der Waals surface area (Å²) in [5.41, 5.74) is 5.77. The Hall–Kier alpha value is -2.85. The average molecular weight is 324 g/mol. The molecule has 3 atom stereocenters. The van der Waals surface area contributed by atoms with Crippen LogP contribution in [-0.2, 0) is 4.79 Å². The first-order valence-electron chi connectivity index (χ1n) is 7.86. The van der Waals surface area contributed by atoms with Crippen molar-refractivity contribution in [1.29, 1.82) is 0 Å². The Bertz CT molecular complexity index is 892. The van der Waals surface area contributed by atoms with E-state index in [1.165, 1.54) is 6.42 Å². The lowest BCUT2D eigenvalue weighted by molar-refractivity contribution is -0.112. The molecule has 2 aromatic rings.